The number of hydrogen-bond acceptors (Lipinski definition) is 5. The Bertz CT molecular complexity index is 1060. The normalized spacial score (nSPS) is 19.3. The Kier molecular flexibility index (Phi) is 5.38. The highest BCUT2D eigenvalue weighted by atomic mass is 16.3. The summed E-state index contributed by atoms with van der Waals surface area (Å²) in [7, 11) is 0. The molecule has 2 aromatic heterocycles. The second kappa shape index (κ2) is 8.47. The van der Waals surface area contributed by atoms with Crippen LogP contribution in [0.15, 0.2) is 76.7 Å². The Morgan fingerprint density at radius 2 is 2.03 bits per heavy atom. The second-order valence-corrected chi connectivity index (χ2v) is 8.37. The molecule has 31 heavy (non-hydrogen) atoms. The van der Waals surface area contributed by atoms with Crippen molar-refractivity contribution in [2.75, 3.05) is 6.54 Å². The predicted molar refractivity (Wildman–Crippen MR) is 118 cm³/mol. The van der Waals surface area contributed by atoms with E-state index in [1.165, 1.54) is 18.4 Å². The molecule has 3 heterocycles. The van der Waals surface area contributed by atoms with Crippen LogP contribution in [0.1, 0.15) is 53.8 Å². The van der Waals surface area contributed by atoms with Gasteiger partial charge in [-0.1, -0.05) is 35.9 Å². The molecule has 1 aliphatic carbocycles. The average molecular weight is 415 g/mol. The van der Waals surface area contributed by atoms with E-state index >= 15 is 0 Å². The number of pyridine rings is 1. The van der Waals surface area contributed by atoms with Gasteiger partial charge in [-0.15, -0.1) is 0 Å². The van der Waals surface area contributed by atoms with Gasteiger partial charge in [0.2, 0.25) is 0 Å². The molecule has 6 heteroatoms. The lowest BCUT2D eigenvalue weighted by atomic mass is 10.0. The molecule has 0 saturated heterocycles. The Morgan fingerprint density at radius 1 is 1.19 bits per heavy atom. The van der Waals surface area contributed by atoms with Crippen molar-refractivity contribution >= 4 is 11.6 Å². The average Bonchev–Trinajstić information content (AvgIpc) is 3.30. The van der Waals surface area contributed by atoms with Crippen LogP contribution in [0.2, 0.25) is 0 Å². The summed E-state index contributed by atoms with van der Waals surface area (Å²) in [4.78, 5) is 17.5. The fraction of sp³-hybridized carbons (Fsp3) is 0.320. The SMILES string of the molecule is Cc1ccc(C2=NN(C(=O)CN[C@H](c3cccnc3)C3CC3)[C@@H](c3ccco3)C2)cc1. The van der Waals surface area contributed by atoms with Crippen LogP contribution in [0.5, 0.6) is 0 Å². The first-order valence-corrected chi connectivity index (χ1v) is 10.8. The van der Waals surface area contributed by atoms with Gasteiger partial charge in [0.05, 0.1) is 18.5 Å². The Labute approximate surface area is 182 Å². The van der Waals surface area contributed by atoms with Gasteiger partial charge >= 0.3 is 0 Å². The van der Waals surface area contributed by atoms with Gasteiger partial charge in [0.1, 0.15) is 11.8 Å². The molecule has 0 unspecified atom stereocenters. The highest BCUT2D eigenvalue weighted by Gasteiger charge is 2.36. The number of aromatic nitrogens is 1. The first kappa shape index (κ1) is 19.7. The maximum absolute atomic E-state index is 13.3. The van der Waals surface area contributed by atoms with E-state index in [9.17, 15) is 4.79 Å². The number of nitrogens with zero attached hydrogens (tertiary/aromatic N) is 3. The third kappa shape index (κ3) is 4.30. The number of amides is 1. The lowest BCUT2D eigenvalue weighted by Gasteiger charge is -2.23. The number of carbonyl (C=O) groups excluding carboxylic acids is 1. The molecule has 5 rings (SSSR count). The summed E-state index contributed by atoms with van der Waals surface area (Å²) in [6.07, 6.45) is 8.29. The first-order chi connectivity index (χ1) is 15.2. The summed E-state index contributed by atoms with van der Waals surface area (Å²) in [5.74, 6) is 1.26. The quantitative estimate of drug-likeness (QED) is 0.622. The molecule has 1 amide bonds. The third-order valence-corrected chi connectivity index (χ3v) is 6.03. The highest BCUT2D eigenvalue weighted by Crippen LogP contribution is 2.41. The van der Waals surface area contributed by atoms with E-state index in [2.05, 4.69) is 47.6 Å². The first-order valence-electron chi connectivity index (χ1n) is 10.8. The highest BCUT2D eigenvalue weighted by molar-refractivity contribution is 6.03. The second-order valence-electron chi connectivity index (χ2n) is 8.37. The number of aryl methyl sites for hydroxylation is 1. The zero-order valence-corrected chi connectivity index (χ0v) is 17.6. The smallest absolute Gasteiger partial charge is 0.257 e. The van der Waals surface area contributed by atoms with Crippen molar-refractivity contribution in [1.82, 2.24) is 15.3 Å². The zero-order chi connectivity index (χ0) is 21.2. The number of rotatable bonds is 7. The number of furan rings is 1. The van der Waals surface area contributed by atoms with Gasteiger partial charge in [0.25, 0.3) is 5.91 Å². The van der Waals surface area contributed by atoms with E-state index < -0.39 is 0 Å². The molecule has 0 bridgehead atoms. The van der Waals surface area contributed by atoms with Crippen LogP contribution in [0.4, 0.5) is 0 Å². The minimum atomic E-state index is -0.224. The molecule has 1 aliphatic heterocycles. The summed E-state index contributed by atoms with van der Waals surface area (Å²) in [6.45, 7) is 2.28. The summed E-state index contributed by atoms with van der Waals surface area (Å²) in [5.41, 5.74) is 4.27. The maximum atomic E-state index is 13.3. The zero-order valence-electron chi connectivity index (χ0n) is 17.6. The van der Waals surface area contributed by atoms with Gasteiger partial charge in [0.15, 0.2) is 0 Å². The molecule has 1 saturated carbocycles. The minimum Gasteiger partial charge on any atom is -0.467 e. The fourth-order valence-electron chi connectivity index (χ4n) is 4.19. The van der Waals surface area contributed by atoms with Crippen LogP contribution in [0.25, 0.3) is 0 Å². The van der Waals surface area contributed by atoms with Gasteiger partial charge in [-0.2, -0.15) is 5.10 Å². The van der Waals surface area contributed by atoms with Crippen LogP contribution >= 0.6 is 0 Å². The van der Waals surface area contributed by atoms with Crippen molar-refractivity contribution in [3.05, 3.63) is 89.6 Å². The van der Waals surface area contributed by atoms with Gasteiger partial charge in [-0.25, -0.2) is 5.01 Å². The summed E-state index contributed by atoms with van der Waals surface area (Å²) >= 11 is 0. The maximum Gasteiger partial charge on any atom is 0.257 e. The van der Waals surface area contributed by atoms with Crippen LogP contribution in [0.3, 0.4) is 0 Å². The lowest BCUT2D eigenvalue weighted by molar-refractivity contribution is -0.132. The Hall–Kier alpha value is -3.25. The molecular weight excluding hydrogens is 388 g/mol. The molecule has 1 aromatic carbocycles. The van der Waals surface area contributed by atoms with E-state index in [0.29, 0.717) is 12.3 Å². The number of nitrogens with one attached hydrogen (secondary N) is 1. The predicted octanol–water partition coefficient (Wildman–Crippen LogP) is 4.40. The number of hydrogen-bond donors (Lipinski definition) is 1. The van der Waals surface area contributed by atoms with Crippen molar-refractivity contribution in [2.24, 2.45) is 11.0 Å². The van der Waals surface area contributed by atoms with Crippen LogP contribution < -0.4 is 5.32 Å². The van der Waals surface area contributed by atoms with Gasteiger partial charge in [-0.05, 0) is 55.0 Å². The molecule has 2 aliphatic rings. The lowest BCUT2D eigenvalue weighted by Crippen LogP contribution is -2.37. The molecule has 1 fully saturated rings. The Balaban J connectivity index is 1.35. The van der Waals surface area contributed by atoms with Crippen molar-refractivity contribution in [2.45, 2.75) is 38.3 Å². The molecule has 0 radical (unpaired) electrons. The minimum absolute atomic E-state index is 0.0574. The number of hydrazone groups is 1. The van der Waals surface area contributed by atoms with Crippen molar-refractivity contribution < 1.29 is 9.21 Å². The van der Waals surface area contributed by atoms with E-state index in [1.54, 1.807) is 17.5 Å². The van der Waals surface area contributed by atoms with Gasteiger partial charge in [0, 0.05) is 24.9 Å². The van der Waals surface area contributed by atoms with Crippen molar-refractivity contribution in [3.63, 3.8) is 0 Å². The monoisotopic (exact) mass is 414 g/mol. The van der Waals surface area contributed by atoms with Gasteiger partial charge < -0.3 is 9.73 Å². The molecule has 2 atom stereocenters. The summed E-state index contributed by atoms with van der Waals surface area (Å²) < 4.78 is 5.65. The van der Waals surface area contributed by atoms with Crippen molar-refractivity contribution in [3.8, 4) is 0 Å². The Morgan fingerprint density at radius 3 is 2.71 bits per heavy atom. The standard InChI is InChI=1S/C25H26N4O2/c1-17-6-8-18(9-7-17)21-14-22(23-5-3-13-31-23)29(28-21)24(30)16-27-25(19-10-11-19)20-4-2-12-26-15-20/h2-9,12-13,15,19,22,25,27H,10-11,14,16H2,1H3/t22-,25+/m1/s1. The van der Waals surface area contributed by atoms with Crippen LogP contribution in [-0.4, -0.2) is 28.2 Å². The molecule has 3 aromatic rings. The molecular formula is C25H26N4O2. The fourth-order valence-corrected chi connectivity index (χ4v) is 4.19. The van der Waals surface area contributed by atoms with E-state index in [-0.39, 0.29) is 24.5 Å². The van der Waals surface area contributed by atoms with E-state index in [1.807, 2.05) is 24.4 Å². The molecule has 158 valence electrons. The topological polar surface area (TPSA) is 70.7 Å². The summed E-state index contributed by atoms with van der Waals surface area (Å²) in [6, 6.07) is 16.0. The summed E-state index contributed by atoms with van der Waals surface area (Å²) in [5, 5.41) is 9.79. The largest absolute Gasteiger partial charge is 0.467 e. The van der Waals surface area contributed by atoms with Crippen LogP contribution in [0, 0.1) is 12.8 Å². The molecule has 0 spiro atoms. The van der Waals surface area contributed by atoms with E-state index in [0.717, 1.165) is 22.6 Å². The van der Waals surface area contributed by atoms with Crippen LogP contribution in [-0.2, 0) is 4.79 Å². The van der Waals surface area contributed by atoms with E-state index in [4.69, 9.17) is 9.52 Å². The number of carbonyl (C=O) groups is 1. The molecule has 1 N–H and O–H groups in total. The molecule has 6 nitrogen and oxygen atoms in total. The number of benzene rings is 1. The van der Waals surface area contributed by atoms with Gasteiger partial charge in [-0.3, -0.25) is 9.78 Å². The van der Waals surface area contributed by atoms with Crippen molar-refractivity contribution in [1.29, 1.82) is 0 Å². The third-order valence-electron chi connectivity index (χ3n) is 6.03.